The van der Waals surface area contributed by atoms with Crippen LogP contribution in [0.25, 0.3) is 10.4 Å². The number of nitrogens with one attached hydrogen (secondary N) is 1. The van der Waals surface area contributed by atoms with Crippen LogP contribution in [0, 0.1) is 0 Å². The Kier molecular flexibility index (Phi) is 10.1. The van der Waals surface area contributed by atoms with E-state index >= 15 is 0 Å². The largest absolute Gasteiger partial charge is 0.465 e. The van der Waals surface area contributed by atoms with Crippen molar-refractivity contribution in [2.75, 3.05) is 18.9 Å². The van der Waals surface area contributed by atoms with Gasteiger partial charge in [-0.2, -0.15) is 10.1 Å². The standard InChI is InChI=1S/C23H32N7O8P/c1-4-5-13-35-20(32)15(2)27-39(34,38-16-9-7-6-8-10-16)36-14-17-19(31)23(3,28-29-25)21(37-17)30-12-11-18(24)26-22(30)33/h6-12,15,17,19,21,31H,4-5,13-14H2,1-3H3,(H,27,34)(H2,24,26,33)/t15-,17+,19+,21+,23+,39?/m0/s1. The molecule has 3 rings (SSSR count). The van der Waals surface area contributed by atoms with Crippen LogP contribution < -0.4 is 21.0 Å². The molecular weight excluding hydrogens is 533 g/mol. The minimum absolute atomic E-state index is 0.0346. The predicted octanol–water partition coefficient (Wildman–Crippen LogP) is 2.68. The highest BCUT2D eigenvalue weighted by molar-refractivity contribution is 7.52. The predicted molar refractivity (Wildman–Crippen MR) is 139 cm³/mol. The number of unbranched alkanes of at least 4 members (excludes halogenated alkanes) is 1. The Bertz CT molecular complexity index is 1290. The highest BCUT2D eigenvalue weighted by Crippen LogP contribution is 2.47. The first-order valence-electron chi connectivity index (χ1n) is 12.2. The van der Waals surface area contributed by atoms with Crippen LogP contribution in [-0.4, -0.2) is 57.6 Å². The number of rotatable bonds is 13. The average molecular weight is 566 g/mol. The number of benzene rings is 1. The lowest BCUT2D eigenvalue weighted by molar-refractivity contribution is -0.145. The van der Waals surface area contributed by atoms with Crippen molar-refractivity contribution in [2.45, 2.75) is 63.6 Å². The zero-order valence-corrected chi connectivity index (χ0v) is 22.6. The molecule has 4 N–H and O–H groups in total. The summed E-state index contributed by atoms with van der Waals surface area (Å²) in [5.74, 6) is -0.510. The number of carbonyl (C=O) groups excluding carboxylic acids is 1. The molecule has 0 amide bonds. The Morgan fingerprint density at radius 3 is 2.77 bits per heavy atom. The van der Waals surface area contributed by atoms with Crippen molar-refractivity contribution in [2.24, 2.45) is 5.11 Å². The summed E-state index contributed by atoms with van der Waals surface area (Å²) in [6, 6.07) is 8.38. The molecule has 0 bridgehead atoms. The van der Waals surface area contributed by atoms with Crippen molar-refractivity contribution in [3.05, 3.63) is 63.5 Å². The number of anilines is 1. The minimum atomic E-state index is -4.28. The number of aliphatic hydroxyl groups excluding tert-OH is 1. The van der Waals surface area contributed by atoms with E-state index in [9.17, 15) is 19.3 Å². The fourth-order valence-corrected chi connectivity index (χ4v) is 5.30. The van der Waals surface area contributed by atoms with E-state index in [4.69, 9.17) is 29.8 Å². The molecule has 212 valence electrons. The number of carbonyl (C=O) groups is 1. The first kappa shape index (κ1) is 30.1. The summed E-state index contributed by atoms with van der Waals surface area (Å²) in [5, 5.41) is 17.3. The number of hydrogen-bond acceptors (Lipinski definition) is 11. The highest BCUT2D eigenvalue weighted by atomic mass is 31.2. The molecule has 1 fully saturated rings. The number of aliphatic hydroxyl groups is 1. The average Bonchev–Trinajstić information content (AvgIpc) is 3.13. The van der Waals surface area contributed by atoms with Crippen molar-refractivity contribution < 1.29 is 33.0 Å². The number of nitrogen functional groups attached to an aromatic ring is 1. The Hall–Kier alpha value is -3.45. The van der Waals surface area contributed by atoms with Crippen LogP contribution in [-0.2, 0) is 23.4 Å². The maximum atomic E-state index is 13.8. The molecule has 1 aromatic carbocycles. The normalized spacial score (nSPS) is 24.8. The van der Waals surface area contributed by atoms with Crippen LogP contribution in [0.15, 0.2) is 52.5 Å². The molecule has 1 aliphatic rings. The highest BCUT2D eigenvalue weighted by Gasteiger charge is 2.55. The Morgan fingerprint density at radius 2 is 2.13 bits per heavy atom. The second kappa shape index (κ2) is 13.1. The lowest BCUT2D eigenvalue weighted by atomic mass is 9.93. The monoisotopic (exact) mass is 565 g/mol. The van der Waals surface area contributed by atoms with Crippen molar-refractivity contribution in [3.63, 3.8) is 0 Å². The summed E-state index contributed by atoms with van der Waals surface area (Å²) >= 11 is 0. The second-order valence-corrected chi connectivity index (χ2v) is 10.7. The van der Waals surface area contributed by atoms with Gasteiger partial charge in [0.25, 0.3) is 0 Å². The Morgan fingerprint density at radius 1 is 1.41 bits per heavy atom. The zero-order chi connectivity index (χ0) is 28.6. The van der Waals surface area contributed by atoms with Crippen LogP contribution in [0.1, 0.15) is 39.8 Å². The third kappa shape index (κ3) is 7.35. The van der Waals surface area contributed by atoms with Gasteiger partial charge in [-0.25, -0.2) is 9.36 Å². The molecule has 0 spiro atoms. The van der Waals surface area contributed by atoms with Crippen molar-refractivity contribution in [1.82, 2.24) is 14.6 Å². The van der Waals surface area contributed by atoms with Gasteiger partial charge in [0.1, 0.15) is 29.3 Å². The number of azide groups is 1. The second-order valence-electron chi connectivity index (χ2n) is 9.00. The molecule has 1 unspecified atom stereocenters. The van der Waals surface area contributed by atoms with E-state index in [0.717, 1.165) is 11.0 Å². The number of aromatic nitrogens is 2. The first-order valence-corrected chi connectivity index (χ1v) is 13.8. The van der Waals surface area contributed by atoms with Crippen LogP contribution in [0.3, 0.4) is 0 Å². The fraction of sp³-hybridized carbons (Fsp3) is 0.522. The van der Waals surface area contributed by atoms with Gasteiger partial charge in [0.05, 0.1) is 19.3 Å². The fourth-order valence-electron chi connectivity index (χ4n) is 3.80. The van der Waals surface area contributed by atoms with Gasteiger partial charge < -0.3 is 24.8 Å². The van der Waals surface area contributed by atoms with Gasteiger partial charge in [-0.3, -0.25) is 13.9 Å². The van der Waals surface area contributed by atoms with Gasteiger partial charge in [0, 0.05) is 11.1 Å². The van der Waals surface area contributed by atoms with E-state index in [2.05, 4.69) is 20.1 Å². The molecule has 1 saturated heterocycles. The number of nitrogens with two attached hydrogens (primary N) is 1. The van der Waals surface area contributed by atoms with E-state index in [-0.39, 0.29) is 18.2 Å². The van der Waals surface area contributed by atoms with Gasteiger partial charge in [0.2, 0.25) is 0 Å². The molecule has 0 radical (unpaired) electrons. The third-order valence-electron chi connectivity index (χ3n) is 5.94. The number of nitrogens with zero attached hydrogens (tertiary/aromatic N) is 5. The molecule has 2 aromatic rings. The molecule has 1 aliphatic heterocycles. The molecular formula is C23H32N7O8P. The number of ether oxygens (including phenoxy) is 2. The van der Waals surface area contributed by atoms with Gasteiger partial charge >= 0.3 is 19.4 Å². The zero-order valence-electron chi connectivity index (χ0n) is 21.7. The topological polar surface area (TPSA) is 213 Å². The summed E-state index contributed by atoms with van der Waals surface area (Å²) < 4.78 is 37.0. The third-order valence-corrected chi connectivity index (χ3v) is 7.59. The molecule has 0 aliphatic carbocycles. The quantitative estimate of drug-likeness (QED) is 0.0801. The van der Waals surface area contributed by atoms with Crippen LogP contribution >= 0.6 is 7.75 Å². The van der Waals surface area contributed by atoms with Gasteiger partial charge in [-0.05, 0) is 44.0 Å². The minimum Gasteiger partial charge on any atom is -0.465 e. The summed E-state index contributed by atoms with van der Waals surface area (Å²) in [6.45, 7) is 4.43. The van der Waals surface area contributed by atoms with E-state index in [0.29, 0.717) is 6.42 Å². The first-order chi connectivity index (χ1) is 18.5. The van der Waals surface area contributed by atoms with Gasteiger partial charge in [-0.1, -0.05) is 36.7 Å². The SMILES string of the molecule is CCCCOC(=O)[C@H](C)NP(=O)(OC[C@H]1O[C@@H](n2ccc(N)nc2=O)[C@](C)(N=[N+]=[N-])[C@@H]1O)Oc1ccccc1. The number of para-hydroxylation sites is 1. The molecule has 1 aromatic heterocycles. The Balaban J connectivity index is 1.83. The van der Waals surface area contributed by atoms with E-state index in [1.807, 2.05) is 6.92 Å². The van der Waals surface area contributed by atoms with Crippen molar-refractivity contribution in [1.29, 1.82) is 0 Å². The summed E-state index contributed by atoms with van der Waals surface area (Å²) in [7, 11) is -4.28. The van der Waals surface area contributed by atoms with Crippen LogP contribution in [0.5, 0.6) is 5.75 Å². The molecule has 15 nitrogen and oxygen atoms in total. The number of hydrogen-bond donors (Lipinski definition) is 3. The summed E-state index contributed by atoms with van der Waals surface area (Å²) in [4.78, 5) is 31.3. The van der Waals surface area contributed by atoms with Crippen LogP contribution in [0.2, 0.25) is 0 Å². The molecule has 0 saturated carbocycles. The summed E-state index contributed by atoms with van der Waals surface area (Å²) in [6.07, 6.45) is -1.27. The lowest BCUT2D eigenvalue weighted by Gasteiger charge is -2.28. The smallest absolute Gasteiger partial charge is 0.459 e. The summed E-state index contributed by atoms with van der Waals surface area (Å²) in [5.41, 5.74) is 12.2. The Labute approximate surface area is 224 Å². The van der Waals surface area contributed by atoms with E-state index < -0.39 is 56.0 Å². The lowest BCUT2D eigenvalue weighted by Crippen LogP contribution is -2.45. The van der Waals surface area contributed by atoms with Crippen molar-refractivity contribution in [3.8, 4) is 5.75 Å². The van der Waals surface area contributed by atoms with E-state index in [1.165, 1.54) is 38.2 Å². The van der Waals surface area contributed by atoms with Crippen LogP contribution in [0.4, 0.5) is 5.82 Å². The molecule has 2 heterocycles. The molecule has 6 atom stereocenters. The molecule has 16 heteroatoms. The maximum absolute atomic E-state index is 13.8. The molecule has 39 heavy (non-hydrogen) atoms. The van der Waals surface area contributed by atoms with E-state index in [1.54, 1.807) is 18.2 Å². The van der Waals surface area contributed by atoms with Gasteiger partial charge in [0.15, 0.2) is 6.23 Å². The van der Waals surface area contributed by atoms with Gasteiger partial charge in [-0.15, -0.1) is 0 Å². The number of esters is 1. The van der Waals surface area contributed by atoms with Crippen molar-refractivity contribution >= 4 is 19.5 Å². The maximum Gasteiger partial charge on any atom is 0.459 e.